The first-order valence-electron chi connectivity index (χ1n) is 5.40. The number of benzene rings is 2. The number of halogens is 1. The van der Waals surface area contributed by atoms with Gasteiger partial charge in [0.25, 0.3) is 0 Å². The Morgan fingerprint density at radius 3 is 2.67 bits per heavy atom. The van der Waals surface area contributed by atoms with Crippen molar-refractivity contribution in [1.29, 1.82) is 0 Å². The lowest BCUT2D eigenvalue weighted by atomic mass is 10.1. The third kappa shape index (κ3) is 2.03. The number of carbonyl (C=O) groups excluding carboxylic acids is 1. The molecule has 0 radical (unpaired) electrons. The summed E-state index contributed by atoms with van der Waals surface area (Å²) in [5, 5.41) is 1.13. The van der Waals surface area contributed by atoms with E-state index in [0.717, 1.165) is 10.2 Å². The molecular formula is C14H8ClNOS. The average molecular weight is 274 g/mol. The van der Waals surface area contributed by atoms with Gasteiger partial charge in [-0.15, -0.1) is 11.3 Å². The van der Waals surface area contributed by atoms with Crippen LogP contribution in [0.3, 0.4) is 0 Å². The zero-order valence-corrected chi connectivity index (χ0v) is 10.8. The molecule has 0 fully saturated rings. The number of rotatable bonds is 2. The number of fused-ring (bicyclic) bond motifs is 1. The molecule has 88 valence electrons. The molecular weight excluding hydrogens is 266 g/mol. The van der Waals surface area contributed by atoms with Gasteiger partial charge in [-0.1, -0.05) is 41.9 Å². The molecule has 0 unspecified atom stereocenters. The van der Waals surface area contributed by atoms with E-state index in [1.807, 2.05) is 24.3 Å². The summed E-state index contributed by atoms with van der Waals surface area (Å²) in [6.07, 6.45) is 0. The first-order chi connectivity index (χ1) is 8.74. The molecule has 4 heteroatoms. The van der Waals surface area contributed by atoms with Crippen molar-refractivity contribution in [3.63, 3.8) is 0 Å². The van der Waals surface area contributed by atoms with Crippen molar-refractivity contribution in [2.45, 2.75) is 0 Å². The van der Waals surface area contributed by atoms with Gasteiger partial charge in [-0.2, -0.15) is 0 Å². The first kappa shape index (κ1) is 11.4. The van der Waals surface area contributed by atoms with Crippen LogP contribution < -0.4 is 0 Å². The summed E-state index contributed by atoms with van der Waals surface area (Å²) in [4.78, 5) is 16.6. The molecule has 3 rings (SSSR count). The second kappa shape index (κ2) is 4.52. The predicted octanol–water partition coefficient (Wildman–Crippen LogP) is 4.18. The zero-order valence-electron chi connectivity index (χ0n) is 9.26. The topological polar surface area (TPSA) is 30.0 Å². The molecule has 0 aliphatic heterocycles. The van der Waals surface area contributed by atoms with Crippen LogP contribution in [0.2, 0.25) is 5.02 Å². The van der Waals surface area contributed by atoms with Crippen LogP contribution in [0.15, 0.2) is 48.5 Å². The normalized spacial score (nSPS) is 10.7. The Kier molecular flexibility index (Phi) is 2.86. The second-order valence-corrected chi connectivity index (χ2v) is 5.29. The fourth-order valence-electron chi connectivity index (χ4n) is 1.71. The fourth-order valence-corrected chi connectivity index (χ4v) is 2.79. The minimum Gasteiger partial charge on any atom is -0.286 e. The molecule has 0 aliphatic rings. The highest BCUT2D eigenvalue weighted by Crippen LogP contribution is 2.26. The van der Waals surface area contributed by atoms with E-state index < -0.39 is 0 Å². The quantitative estimate of drug-likeness (QED) is 0.656. The summed E-state index contributed by atoms with van der Waals surface area (Å²) < 4.78 is 0.971. The van der Waals surface area contributed by atoms with Crippen LogP contribution in [0, 0.1) is 0 Å². The van der Waals surface area contributed by atoms with Crippen molar-refractivity contribution in [2.24, 2.45) is 0 Å². The highest BCUT2D eigenvalue weighted by Gasteiger charge is 2.14. The molecule has 0 N–H and O–H groups in total. The largest absolute Gasteiger partial charge is 0.286 e. The Balaban J connectivity index is 2.07. The van der Waals surface area contributed by atoms with Crippen LogP contribution in [-0.4, -0.2) is 10.8 Å². The monoisotopic (exact) mass is 273 g/mol. The van der Waals surface area contributed by atoms with E-state index >= 15 is 0 Å². The molecule has 0 saturated carbocycles. The fraction of sp³-hybridized carbons (Fsp3) is 0. The van der Waals surface area contributed by atoms with Gasteiger partial charge in [0.05, 0.1) is 10.2 Å². The summed E-state index contributed by atoms with van der Waals surface area (Å²) >= 11 is 7.29. The predicted molar refractivity (Wildman–Crippen MR) is 74.5 cm³/mol. The highest BCUT2D eigenvalue weighted by atomic mass is 35.5. The maximum Gasteiger partial charge on any atom is 0.221 e. The number of thiazole rings is 1. The van der Waals surface area contributed by atoms with Crippen molar-refractivity contribution in [1.82, 2.24) is 4.98 Å². The third-order valence-electron chi connectivity index (χ3n) is 2.58. The van der Waals surface area contributed by atoms with E-state index in [1.54, 1.807) is 24.3 Å². The van der Waals surface area contributed by atoms with Gasteiger partial charge in [0.2, 0.25) is 5.78 Å². The summed E-state index contributed by atoms with van der Waals surface area (Å²) in [5.74, 6) is -0.0482. The molecule has 0 bridgehead atoms. The molecule has 0 spiro atoms. The van der Waals surface area contributed by atoms with E-state index in [-0.39, 0.29) is 5.78 Å². The Hall–Kier alpha value is -1.71. The minimum absolute atomic E-state index is 0.0482. The number of ketones is 1. The molecule has 3 aromatic rings. The number of aromatic nitrogens is 1. The summed E-state index contributed by atoms with van der Waals surface area (Å²) in [6, 6.07) is 14.6. The second-order valence-electron chi connectivity index (χ2n) is 3.83. The van der Waals surface area contributed by atoms with Gasteiger partial charge in [0.1, 0.15) is 0 Å². The molecule has 2 nitrogen and oxygen atoms in total. The lowest BCUT2D eigenvalue weighted by Gasteiger charge is -1.94. The van der Waals surface area contributed by atoms with Crippen molar-refractivity contribution in [3.8, 4) is 0 Å². The van der Waals surface area contributed by atoms with Gasteiger partial charge >= 0.3 is 0 Å². The number of carbonyl (C=O) groups is 1. The van der Waals surface area contributed by atoms with Crippen molar-refractivity contribution < 1.29 is 4.79 Å². The van der Waals surface area contributed by atoms with Gasteiger partial charge in [0, 0.05) is 10.6 Å². The molecule has 18 heavy (non-hydrogen) atoms. The van der Waals surface area contributed by atoms with Gasteiger partial charge in [-0.3, -0.25) is 4.79 Å². The molecule has 2 aromatic carbocycles. The highest BCUT2D eigenvalue weighted by molar-refractivity contribution is 7.20. The lowest BCUT2D eigenvalue weighted by molar-refractivity contribution is 0.103. The van der Waals surface area contributed by atoms with Gasteiger partial charge in [-0.05, 0) is 18.2 Å². The lowest BCUT2D eigenvalue weighted by Crippen LogP contribution is -1.99. The van der Waals surface area contributed by atoms with Crippen LogP contribution in [0.1, 0.15) is 15.4 Å². The summed E-state index contributed by atoms with van der Waals surface area (Å²) in [7, 11) is 0. The van der Waals surface area contributed by atoms with E-state index in [1.165, 1.54) is 11.3 Å². The molecule has 0 atom stereocenters. The van der Waals surface area contributed by atoms with Gasteiger partial charge in [0.15, 0.2) is 5.01 Å². The number of hydrogen-bond acceptors (Lipinski definition) is 3. The SMILES string of the molecule is O=C(c1ccccc1)c1nc2cc(Cl)ccc2s1. The summed E-state index contributed by atoms with van der Waals surface area (Å²) in [6.45, 7) is 0. The third-order valence-corrected chi connectivity index (χ3v) is 3.85. The van der Waals surface area contributed by atoms with Crippen LogP contribution in [0.4, 0.5) is 0 Å². The van der Waals surface area contributed by atoms with Crippen LogP contribution >= 0.6 is 22.9 Å². The molecule has 0 amide bonds. The van der Waals surface area contributed by atoms with Gasteiger partial charge in [-0.25, -0.2) is 4.98 Å². The maximum absolute atomic E-state index is 12.2. The van der Waals surface area contributed by atoms with E-state index in [0.29, 0.717) is 15.6 Å². The Bertz CT molecular complexity index is 721. The van der Waals surface area contributed by atoms with Crippen LogP contribution in [-0.2, 0) is 0 Å². The van der Waals surface area contributed by atoms with Crippen molar-refractivity contribution >= 4 is 38.9 Å². The summed E-state index contributed by atoms with van der Waals surface area (Å²) in [5.41, 5.74) is 1.43. The first-order valence-corrected chi connectivity index (χ1v) is 6.59. The molecule has 1 heterocycles. The molecule has 0 saturated heterocycles. The van der Waals surface area contributed by atoms with E-state index in [4.69, 9.17) is 11.6 Å². The number of hydrogen-bond donors (Lipinski definition) is 0. The Labute approximate surface area is 113 Å². The minimum atomic E-state index is -0.0482. The van der Waals surface area contributed by atoms with E-state index in [2.05, 4.69) is 4.98 Å². The zero-order chi connectivity index (χ0) is 12.5. The standard InChI is InChI=1S/C14H8ClNOS/c15-10-6-7-12-11(8-10)16-14(18-12)13(17)9-4-2-1-3-5-9/h1-8H. The van der Waals surface area contributed by atoms with Crippen molar-refractivity contribution in [2.75, 3.05) is 0 Å². The maximum atomic E-state index is 12.2. The molecule has 0 aliphatic carbocycles. The van der Waals surface area contributed by atoms with Crippen molar-refractivity contribution in [3.05, 3.63) is 64.1 Å². The van der Waals surface area contributed by atoms with Crippen LogP contribution in [0.25, 0.3) is 10.2 Å². The van der Waals surface area contributed by atoms with Crippen LogP contribution in [0.5, 0.6) is 0 Å². The number of nitrogens with zero attached hydrogens (tertiary/aromatic N) is 1. The Morgan fingerprint density at radius 1 is 1.11 bits per heavy atom. The smallest absolute Gasteiger partial charge is 0.221 e. The van der Waals surface area contributed by atoms with Gasteiger partial charge < -0.3 is 0 Å². The van der Waals surface area contributed by atoms with E-state index in [9.17, 15) is 4.79 Å². The average Bonchev–Trinajstić information content (AvgIpc) is 2.81. The molecule has 1 aromatic heterocycles. The Morgan fingerprint density at radius 2 is 1.89 bits per heavy atom.